The van der Waals surface area contributed by atoms with E-state index in [0.717, 1.165) is 16.0 Å². The van der Waals surface area contributed by atoms with Crippen LogP contribution in [-0.2, 0) is 0 Å². The van der Waals surface area contributed by atoms with E-state index in [1.165, 1.54) is 25.7 Å². The second-order valence-electron chi connectivity index (χ2n) is 4.79. The Morgan fingerprint density at radius 2 is 2.00 bits per heavy atom. The van der Waals surface area contributed by atoms with Gasteiger partial charge in [0.15, 0.2) is 4.34 Å². The number of hydrogen-bond donors (Lipinski definition) is 1. The molecule has 0 amide bonds. The highest BCUT2D eigenvalue weighted by atomic mass is 33.1. The minimum atomic E-state index is 0.309. The van der Waals surface area contributed by atoms with E-state index in [0.29, 0.717) is 4.75 Å². The van der Waals surface area contributed by atoms with Crippen molar-refractivity contribution in [2.45, 2.75) is 62.5 Å². The molecular weight excluding hydrogens is 282 g/mol. The zero-order valence-electron chi connectivity index (χ0n) is 11.7. The molecule has 1 rings (SSSR count). The van der Waals surface area contributed by atoms with Crippen molar-refractivity contribution in [1.82, 2.24) is 10.2 Å². The van der Waals surface area contributed by atoms with Gasteiger partial charge in [0.1, 0.15) is 0 Å². The van der Waals surface area contributed by atoms with Crippen LogP contribution in [0.1, 0.15) is 53.4 Å². The van der Waals surface area contributed by atoms with Gasteiger partial charge in [0.05, 0.1) is 0 Å². The van der Waals surface area contributed by atoms with Crippen LogP contribution in [0.3, 0.4) is 0 Å². The molecule has 1 aromatic heterocycles. The predicted octanol–water partition coefficient (Wildman–Crippen LogP) is 5.07. The van der Waals surface area contributed by atoms with E-state index in [1.807, 2.05) is 10.8 Å². The summed E-state index contributed by atoms with van der Waals surface area (Å²) in [6, 6.07) is 0. The van der Waals surface area contributed by atoms with Gasteiger partial charge in [-0.3, -0.25) is 0 Å². The first-order valence-corrected chi connectivity index (χ1v) is 9.47. The number of anilines is 1. The Morgan fingerprint density at radius 1 is 1.22 bits per heavy atom. The Morgan fingerprint density at radius 3 is 2.67 bits per heavy atom. The van der Waals surface area contributed by atoms with E-state index < -0.39 is 0 Å². The van der Waals surface area contributed by atoms with Crippen LogP contribution in [-0.4, -0.2) is 21.5 Å². The summed E-state index contributed by atoms with van der Waals surface area (Å²) in [5.74, 6) is 0. The first-order valence-electron chi connectivity index (χ1n) is 6.50. The molecule has 0 spiro atoms. The molecule has 0 saturated heterocycles. The molecule has 0 atom stereocenters. The first-order chi connectivity index (χ1) is 8.57. The van der Waals surface area contributed by atoms with Gasteiger partial charge in [-0.1, -0.05) is 48.3 Å². The Bertz CT molecular complexity index is 339. The van der Waals surface area contributed by atoms with Crippen molar-refractivity contribution < 1.29 is 0 Å². The number of aromatic nitrogens is 2. The Balaban J connectivity index is 2.33. The molecule has 3 nitrogen and oxygen atoms in total. The molecule has 0 saturated carbocycles. The monoisotopic (exact) mass is 305 g/mol. The van der Waals surface area contributed by atoms with Crippen LogP contribution < -0.4 is 5.32 Å². The molecule has 0 radical (unpaired) electrons. The van der Waals surface area contributed by atoms with Crippen molar-refractivity contribution >= 4 is 38.1 Å². The summed E-state index contributed by atoms with van der Waals surface area (Å²) in [4.78, 5) is 0. The average Bonchev–Trinajstić information content (AvgIpc) is 2.75. The summed E-state index contributed by atoms with van der Waals surface area (Å²) in [7, 11) is 3.66. The summed E-state index contributed by atoms with van der Waals surface area (Å²) in [6.45, 7) is 9.84. The standard InChI is InChI=1S/C12H23N3S3/c1-5-7-8-9-12(3,4)18-17-11-15-14-10(16-11)13-6-2/h5-9H2,1-4H3,(H,13,14). The maximum absolute atomic E-state index is 4.18. The van der Waals surface area contributed by atoms with Crippen LogP contribution in [0.4, 0.5) is 5.13 Å². The third-order valence-electron chi connectivity index (χ3n) is 2.46. The van der Waals surface area contributed by atoms with Crippen molar-refractivity contribution in [1.29, 1.82) is 0 Å². The van der Waals surface area contributed by atoms with E-state index >= 15 is 0 Å². The predicted molar refractivity (Wildman–Crippen MR) is 85.7 cm³/mol. The van der Waals surface area contributed by atoms with Crippen LogP contribution in [0.15, 0.2) is 4.34 Å². The first kappa shape index (κ1) is 16.1. The lowest BCUT2D eigenvalue weighted by atomic mass is 10.0. The van der Waals surface area contributed by atoms with E-state index in [2.05, 4.69) is 43.2 Å². The topological polar surface area (TPSA) is 37.8 Å². The van der Waals surface area contributed by atoms with Gasteiger partial charge in [-0.2, -0.15) is 0 Å². The molecule has 1 N–H and O–H groups in total. The molecule has 0 unspecified atom stereocenters. The van der Waals surface area contributed by atoms with Gasteiger partial charge >= 0.3 is 0 Å². The number of nitrogens with one attached hydrogen (secondary N) is 1. The van der Waals surface area contributed by atoms with Gasteiger partial charge in [-0.15, -0.1) is 10.2 Å². The fourth-order valence-electron chi connectivity index (χ4n) is 1.46. The Hall–Kier alpha value is 0.0600. The lowest BCUT2D eigenvalue weighted by Gasteiger charge is -2.22. The summed E-state index contributed by atoms with van der Waals surface area (Å²) in [5, 5.41) is 12.4. The van der Waals surface area contributed by atoms with Crippen LogP contribution in [0.5, 0.6) is 0 Å². The molecule has 0 fully saturated rings. The zero-order chi connectivity index (χ0) is 13.4. The lowest BCUT2D eigenvalue weighted by Crippen LogP contribution is -2.12. The van der Waals surface area contributed by atoms with E-state index in [1.54, 1.807) is 22.1 Å². The van der Waals surface area contributed by atoms with Crippen molar-refractivity contribution in [3.63, 3.8) is 0 Å². The minimum absolute atomic E-state index is 0.309. The molecule has 104 valence electrons. The van der Waals surface area contributed by atoms with E-state index in [-0.39, 0.29) is 0 Å². The van der Waals surface area contributed by atoms with Gasteiger partial charge in [0, 0.05) is 11.3 Å². The molecule has 0 aliphatic heterocycles. The highest BCUT2D eigenvalue weighted by Crippen LogP contribution is 2.44. The lowest BCUT2D eigenvalue weighted by molar-refractivity contribution is 0.575. The molecule has 0 aliphatic rings. The second kappa shape index (κ2) is 8.27. The molecule has 0 aliphatic carbocycles. The highest BCUT2D eigenvalue weighted by Gasteiger charge is 2.19. The van der Waals surface area contributed by atoms with Gasteiger partial charge < -0.3 is 5.32 Å². The van der Waals surface area contributed by atoms with Crippen LogP contribution >= 0.6 is 32.9 Å². The normalized spacial score (nSPS) is 11.8. The maximum atomic E-state index is 4.18. The van der Waals surface area contributed by atoms with Gasteiger partial charge in [0.25, 0.3) is 0 Å². The molecule has 18 heavy (non-hydrogen) atoms. The molecular formula is C12H23N3S3. The molecule has 6 heteroatoms. The van der Waals surface area contributed by atoms with Crippen LogP contribution in [0.2, 0.25) is 0 Å². The number of hydrogen-bond acceptors (Lipinski definition) is 6. The zero-order valence-corrected chi connectivity index (χ0v) is 14.1. The van der Waals surface area contributed by atoms with Crippen molar-refractivity contribution in [3.8, 4) is 0 Å². The van der Waals surface area contributed by atoms with E-state index in [9.17, 15) is 0 Å². The third kappa shape index (κ3) is 6.29. The van der Waals surface area contributed by atoms with Crippen molar-refractivity contribution in [2.24, 2.45) is 0 Å². The number of nitrogens with zero attached hydrogens (tertiary/aromatic N) is 2. The summed E-state index contributed by atoms with van der Waals surface area (Å²) >= 11 is 1.64. The van der Waals surface area contributed by atoms with Gasteiger partial charge in [0.2, 0.25) is 5.13 Å². The van der Waals surface area contributed by atoms with Crippen LogP contribution in [0.25, 0.3) is 0 Å². The molecule has 1 aromatic rings. The van der Waals surface area contributed by atoms with Gasteiger partial charge in [-0.25, -0.2) is 0 Å². The van der Waals surface area contributed by atoms with Crippen molar-refractivity contribution in [3.05, 3.63) is 0 Å². The Kier molecular flexibility index (Phi) is 7.41. The number of unbranched alkanes of at least 4 members (excludes halogenated alkanes) is 2. The van der Waals surface area contributed by atoms with E-state index in [4.69, 9.17) is 0 Å². The largest absolute Gasteiger partial charge is 0.360 e. The second-order valence-corrected chi connectivity index (χ2v) is 8.85. The Labute approximate surface area is 122 Å². The fourth-order valence-corrected chi connectivity index (χ4v) is 4.83. The average molecular weight is 306 g/mol. The third-order valence-corrected chi connectivity index (χ3v) is 6.99. The summed E-state index contributed by atoms with van der Waals surface area (Å²) in [5.41, 5.74) is 0. The highest BCUT2D eigenvalue weighted by molar-refractivity contribution is 8.77. The molecule has 0 bridgehead atoms. The maximum Gasteiger partial charge on any atom is 0.206 e. The summed E-state index contributed by atoms with van der Waals surface area (Å²) in [6.07, 6.45) is 5.20. The summed E-state index contributed by atoms with van der Waals surface area (Å²) < 4.78 is 1.35. The quantitative estimate of drug-likeness (QED) is 0.509. The smallest absolute Gasteiger partial charge is 0.206 e. The molecule has 1 heterocycles. The van der Waals surface area contributed by atoms with Gasteiger partial charge in [-0.05, 0) is 38.0 Å². The molecule has 0 aromatic carbocycles. The minimum Gasteiger partial charge on any atom is -0.360 e. The number of rotatable bonds is 9. The van der Waals surface area contributed by atoms with Crippen molar-refractivity contribution in [2.75, 3.05) is 11.9 Å². The fraction of sp³-hybridized carbons (Fsp3) is 0.833. The van der Waals surface area contributed by atoms with Crippen LogP contribution in [0, 0.1) is 0 Å². The SMILES string of the molecule is CCCCCC(C)(C)SSc1nnc(NCC)s1.